The highest BCUT2D eigenvalue weighted by atomic mass is 35.5. The molecule has 0 saturated carbocycles. The van der Waals surface area contributed by atoms with E-state index in [0.717, 1.165) is 4.68 Å². The van der Waals surface area contributed by atoms with Crippen molar-refractivity contribution in [2.45, 2.75) is 6.18 Å². The molecule has 0 amide bonds. The van der Waals surface area contributed by atoms with Crippen molar-refractivity contribution in [3.63, 3.8) is 0 Å². The van der Waals surface area contributed by atoms with E-state index in [1.165, 1.54) is 6.07 Å². The van der Waals surface area contributed by atoms with Gasteiger partial charge in [-0.25, -0.2) is 9.67 Å². The van der Waals surface area contributed by atoms with Crippen LogP contribution < -0.4 is 0 Å². The van der Waals surface area contributed by atoms with Crippen molar-refractivity contribution in [1.82, 2.24) is 19.7 Å². The number of H-pyrrole nitrogens is 1. The maximum Gasteiger partial charge on any atom is 0.416 e. The lowest BCUT2D eigenvalue weighted by atomic mass is 10.2. The number of rotatable bonds is 2. The molecule has 0 atom stereocenters. The van der Waals surface area contributed by atoms with E-state index in [1.807, 2.05) is 0 Å². The van der Waals surface area contributed by atoms with Crippen molar-refractivity contribution < 1.29 is 13.2 Å². The molecule has 3 rings (SSSR count). The number of nitrogens with one attached hydrogen (secondary N) is 1. The molecule has 0 spiro atoms. The second kappa shape index (κ2) is 6.78. The van der Waals surface area contributed by atoms with Crippen molar-refractivity contribution in [3.05, 3.63) is 50.3 Å². The number of nitrogens with zero attached hydrogens (tertiary/aromatic N) is 5. The Morgan fingerprint density at radius 1 is 1.04 bits per heavy atom. The van der Waals surface area contributed by atoms with Gasteiger partial charge in [-0.05, 0) is 12.1 Å². The molecule has 0 saturated heterocycles. The van der Waals surface area contributed by atoms with Gasteiger partial charge in [0.25, 0.3) is 0 Å². The molecule has 0 aliphatic rings. The van der Waals surface area contributed by atoms with Crippen LogP contribution in [-0.2, 0) is 6.18 Å². The molecule has 12 heteroatoms. The van der Waals surface area contributed by atoms with Gasteiger partial charge in [0.2, 0.25) is 0 Å². The Hall–Kier alpha value is -2.72. The molecular weight excluding hydrogens is 428 g/mol. The highest BCUT2D eigenvalue weighted by molar-refractivity contribution is 6.38. The van der Waals surface area contributed by atoms with Crippen LogP contribution in [0.1, 0.15) is 17.0 Å². The van der Waals surface area contributed by atoms with E-state index in [-0.39, 0.29) is 43.8 Å². The molecule has 0 radical (unpaired) electrons. The maximum atomic E-state index is 12.9. The average molecular weight is 432 g/mol. The van der Waals surface area contributed by atoms with E-state index in [2.05, 4.69) is 15.1 Å². The lowest BCUT2D eigenvalue weighted by Crippen LogP contribution is -2.07. The Bertz CT molecular complexity index is 1080. The van der Waals surface area contributed by atoms with Crippen LogP contribution in [0, 0.1) is 22.7 Å². The standard InChI is InChI=1S/C15H4Cl3F3N6/c16-7-1-6(15(19,20)21)2-8(17)13(7)27-12(18)3-9(26-27)14-24-10(4-22)11(5-23)25-14/h1-3H,(H,24,25). The van der Waals surface area contributed by atoms with Gasteiger partial charge in [-0.1, -0.05) is 34.8 Å². The average Bonchev–Trinajstić information content (AvgIpc) is 3.17. The summed E-state index contributed by atoms with van der Waals surface area (Å²) >= 11 is 18.0. The first-order valence-corrected chi connectivity index (χ1v) is 8.02. The van der Waals surface area contributed by atoms with E-state index in [4.69, 9.17) is 45.3 Å². The monoisotopic (exact) mass is 430 g/mol. The van der Waals surface area contributed by atoms with Crippen LogP contribution in [0.15, 0.2) is 18.2 Å². The zero-order valence-corrected chi connectivity index (χ0v) is 15.0. The van der Waals surface area contributed by atoms with Crippen molar-refractivity contribution >= 4 is 34.8 Å². The van der Waals surface area contributed by atoms with Crippen LogP contribution >= 0.6 is 34.8 Å². The quantitative estimate of drug-likeness (QED) is 0.619. The van der Waals surface area contributed by atoms with Gasteiger partial charge < -0.3 is 4.98 Å². The maximum absolute atomic E-state index is 12.9. The molecule has 0 aliphatic carbocycles. The van der Waals surface area contributed by atoms with Gasteiger partial charge in [-0.3, -0.25) is 0 Å². The number of nitriles is 2. The molecule has 2 aromatic heterocycles. The molecule has 3 aromatic rings. The van der Waals surface area contributed by atoms with E-state index < -0.39 is 11.7 Å². The number of aromatic nitrogens is 4. The van der Waals surface area contributed by atoms with Crippen molar-refractivity contribution in [2.75, 3.05) is 0 Å². The lowest BCUT2D eigenvalue weighted by molar-refractivity contribution is -0.137. The molecule has 136 valence electrons. The van der Waals surface area contributed by atoms with Gasteiger partial charge in [-0.2, -0.15) is 28.8 Å². The fourth-order valence-electron chi connectivity index (χ4n) is 2.22. The van der Waals surface area contributed by atoms with Crippen molar-refractivity contribution in [1.29, 1.82) is 10.5 Å². The zero-order chi connectivity index (χ0) is 19.9. The molecular formula is C15H4Cl3F3N6. The van der Waals surface area contributed by atoms with Gasteiger partial charge in [0.15, 0.2) is 17.2 Å². The Kier molecular flexibility index (Phi) is 4.79. The third-order valence-electron chi connectivity index (χ3n) is 3.39. The van der Waals surface area contributed by atoms with Crippen LogP contribution in [0.3, 0.4) is 0 Å². The molecule has 27 heavy (non-hydrogen) atoms. The van der Waals surface area contributed by atoms with Gasteiger partial charge >= 0.3 is 6.18 Å². The van der Waals surface area contributed by atoms with Gasteiger partial charge in [-0.15, -0.1) is 0 Å². The summed E-state index contributed by atoms with van der Waals surface area (Å²) in [5.74, 6) is 0.0721. The predicted octanol–water partition coefficient (Wildman–Crippen LogP) is 4.98. The van der Waals surface area contributed by atoms with E-state index in [9.17, 15) is 13.2 Å². The highest BCUT2D eigenvalue weighted by Gasteiger charge is 2.32. The minimum Gasteiger partial charge on any atom is -0.327 e. The molecule has 0 bridgehead atoms. The van der Waals surface area contributed by atoms with Crippen LogP contribution in [0.5, 0.6) is 0 Å². The van der Waals surface area contributed by atoms with Crippen LogP contribution in [0.4, 0.5) is 13.2 Å². The SMILES string of the molecule is N#Cc1nc(-c2cc(Cl)n(-c3c(Cl)cc(C(F)(F)F)cc3Cl)n2)[nH]c1C#N. The molecule has 6 nitrogen and oxygen atoms in total. The van der Waals surface area contributed by atoms with Gasteiger partial charge in [0.1, 0.15) is 28.7 Å². The summed E-state index contributed by atoms with van der Waals surface area (Å²) < 4.78 is 39.6. The number of benzene rings is 1. The van der Waals surface area contributed by atoms with Gasteiger partial charge in [0, 0.05) is 6.07 Å². The number of hydrogen-bond donors (Lipinski definition) is 1. The van der Waals surface area contributed by atoms with Crippen LogP contribution in [0.25, 0.3) is 17.2 Å². The van der Waals surface area contributed by atoms with Crippen molar-refractivity contribution in [3.8, 4) is 29.3 Å². The third-order valence-corrected chi connectivity index (χ3v) is 4.23. The fraction of sp³-hybridized carbons (Fsp3) is 0.0667. The summed E-state index contributed by atoms with van der Waals surface area (Å²) in [7, 11) is 0. The first-order chi connectivity index (χ1) is 12.7. The van der Waals surface area contributed by atoms with E-state index in [0.29, 0.717) is 12.1 Å². The zero-order valence-electron chi connectivity index (χ0n) is 12.7. The number of halogens is 6. The summed E-state index contributed by atoms with van der Waals surface area (Å²) in [5, 5.41) is 21.4. The second-order valence-electron chi connectivity index (χ2n) is 5.08. The van der Waals surface area contributed by atoms with Gasteiger partial charge in [0.05, 0.1) is 15.6 Å². The lowest BCUT2D eigenvalue weighted by Gasteiger charge is -2.12. The summed E-state index contributed by atoms with van der Waals surface area (Å²) in [5.41, 5.74) is -1.15. The summed E-state index contributed by atoms with van der Waals surface area (Å²) in [6.07, 6.45) is -4.62. The second-order valence-corrected chi connectivity index (χ2v) is 6.28. The molecule has 0 fully saturated rings. The van der Waals surface area contributed by atoms with E-state index >= 15 is 0 Å². The first-order valence-electron chi connectivity index (χ1n) is 6.88. The minimum absolute atomic E-state index is 0.0260. The summed E-state index contributed by atoms with van der Waals surface area (Å²) in [4.78, 5) is 6.53. The smallest absolute Gasteiger partial charge is 0.327 e. The van der Waals surface area contributed by atoms with E-state index in [1.54, 1.807) is 12.1 Å². The van der Waals surface area contributed by atoms with Crippen LogP contribution in [-0.4, -0.2) is 19.7 Å². The Morgan fingerprint density at radius 3 is 2.15 bits per heavy atom. The number of imidazole rings is 1. The summed E-state index contributed by atoms with van der Waals surface area (Å²) in [6.45, 7) is 0. The highest BCUT2D eigenvalue weighted by Crippen LogP contribution is 2.38. The summed E-state index contributed by atoms with van der Waals surface area (Å²) in [6, 6.07) is 6.25. The third kappa shape index (κ3) is 3.45. The Balaban J connectivity index is 2.12. The molecule has 1 N–H and O–H groups in total. The minimum atomic E-state index is -4.62. The number of aromatic amines is 1. The van der Waals surface area contributed by atoms with Crippen LogP contribution in [0.2, 0.25) is 15.2 Å². The Morgan fingerprint density at radius 2 is 1.67 bits per heavy atom. The predicted molar refractivity (Wildman–Crippen MR) is 90.6 cm³/mol. The first kappa shape index (κ1) is 19.1. The molecule has 0 unspecified atom stereocenters. The molecule has 1 aromatic carbocycles. The Labute approximate surface area is 164 Å². The number of hydrogen-bond acceptors (Lipinski definition) is 4. The largest absolute Gasteiger partial charge is 0.416 e. The molecule has 2 heterocycles. The fourth-order valence-corrected chi connectivity index (χ4v) is 3.09. The topological polar surface area (TPSA) is 94.1 Å². The number of alkyl halides is 3. The van der Waals surface area contributed by atoms with Crippen molar-refractivity contribution in [2.24, 2.45) is 0 Å². The molecule has 0 aliphatic heterocycles. The normalized spacial score (nSPS) is 11.3.